The van der Waals surface area contributed by atoms with E-state index in [-0.39, 0.29) is 11.6 Å². The van der Waals surface area contributed by atoms with Crippen LogP contribution >= 0.6 is 0 Å². The predicted molar refractivity (Wildman–Crippen MR) is 71.1 cm³/mol. The van der Waals surface area contributed by atoms with Gasteiger partial charge in [0.25, 0.3) is 0 Å². The Bertz CT molecular complexity index is 383. The molecule has 0 bridgehead atoms. The van der Waals surface area contributed by atoms with Crippen molar-refractivity contribution in [3.05, 3.63) is 35.9 Å². The molecule has 0 amide bonds. The van der Waals surface area contributed by atoms with Crippen LogP contribution in [0.2, 0.25) is 0 Å². The molecule has 1 saturated carbocycles. The molecule has 3 heteroatoms. The molecule has 0 atom stereocenters. The summed E-state index contributed by atoms with van der Waals surface area (Å²) in [5, 5.41) is 0. The molecule has 1 aromatic carbocycles. The molecule has 1 aromatic rings. The molecule has 1 fully saturated rings. The first-order valence-electron chi connectivity index (χ1n) is 6.70. The Hall–Kier alpha value is -1.35. The molecular formula is C15H21NO2. The Morgan fingerprint density at radius 2 is 1.89 bits per heavy atom. The van der Waals surface area contributed by atoms with Crippen LogP contribution in [0.1, 0.15) is 37.7 Å². The molecule has 0 heterocycles. The van der Waals surface area contributed by atoms with E-state index in [4.69, 9.17) is 10.5 Å². The topological polar surface area (TPSA) is 52.3 Å². The van der Waals surface area contributed by atoms with Crippen LogP contribution in [0.5, 0.6) is 0 Å². The minimum absolute atomic E-state index is 0.128. The molecule has 0 aromatic heterocycles. The van der Waals surface area contributed by atoms with E-state index < -0.39 is 0 Å². The summed E-state index contributed by atoms with van der Waals surface area (Å²) in [6, 6.07) is 9.72. The predicted octanol–water partition coefficient (Wildman–Crippen LogP) is 2.43. The maximum absolute atomic E-state index is 12.0. The summed E-state index contributed by atoms with van der Waals surface area (Å²) in [4.78, 5) is 12.0. The van der Waals surface area contributed by atoms with Gasteiger partial charge in [0, 0.05) is 0 Å². The van der Waals surface area contributed by atoms with Gasteiger partial charge in [-0.1, -0.05) is 30.3 Å². The number of rotatable bonds is 5. The fourth-order valence-electron chi connectivity index (χ4n) is 2.73. The number of hydrogen-bond donors (Lipinski definition) is 1. The zero-order valence-electron chi connectivity index (χ0n) is 10.7. The van der Waals surface area contributed by atoms with Gasteiger partial charge in [-0.2, -0.15) is 0 Å². The van der Waals surface area contributed by atoms with Crippen LogP contribution < -0.4 is 5.73 Å². The van der Waals surface area contributed by atoms with E-state index in [9.17, 15) is 4.79 Å². The van der Waals surface area contributed by atoms with E-state index in [1.165, 1.54) is 0 Å². The van der Waals surface area contributed by atoms with E-state index in [0.717, 1.165) is 37.7 Å². The normalized spacial score (nSPS) is 17.6. The van der Waals surface area contributed by atoms with Crippen molar-refractivity contribution in [1.29, 1.82) is 0 Å². The summed E-state index contributed by atoms with van der Waals surface area (Å²) in [5.41, 5.74) is 6.36. The Kier molecular flexibility index (Phi) is 4.37. The monoisotopic (exact) mass is 247 g/mol. The Morgan fingerprint density at radius 3 is 2.50 bits per heavy atom. The highest BCUT2D eigenvalue weighted by atomic mass is 16.6. The van der Waals surface area contributed by atoms with Crippen LogP contribution in [0.15, 0.2) is 30.3 Å². The zero-order chi connectivity index (χ0) is 12.8. The van der Waals surface area contributed by atoms with Crippen molar-refractivity contribution in [1.82, 2.24) is 0 Å². The molecule has 3 nitrogen and oxygen atoms in total. The minimum atomic E-state index is -0.277. The van der Waals surface area contributed by atoms with E-state index in [1.807, 2.05) is 30.3 Å². The molecule has 98 valence electrons. The van der Waals surface area contributed by atoms with E-state index in [2.05, 4.69) is 0 Å². The third kappa shape index (κ3) is 3.33. The van der Waals surface area contributed by atoms with Crippen molar-refractivity contribution in [3.8, 4) is 0 Å². The molecule has 1 aliphatic rings. The van der Waals surface area contributed by atoms with Crippen molar-refractivity contribution < 1.29 is 9.53 Å². The van der Waals surface area contributed by atoms with Gasteiger partial charge in [0.05, 0.1) is 6.42 Å². The van der Waals surface area contributed by atoms with Crippen LogP contribution in [0.3, 0.4) is 0 Å². The fourth-order valence-corrected chi connectivity index (χ4v) is 2.73. The lowest BCUT2D eigenvalue weighted by atomic mass is 9.97. The van der Waals surface area contributed by atoms with Crippen molar-refractivity contribution >= 4 is 5.97 Å². The standard InChI is InChI=1S/C15H21NO2/c16-11-10-15(8-4-5-9-15)18-14(17)12-13-6-2-1-3-7-13/h1-3,6-7H,4-5,8-12,16H2. The van der Waals surface area contributed by atoms with Crippen LogP contribution in [0.25, 0.3) is 0 Å². The molecule has 2 rings (SSSR count). The molecule has 0 saturated heterocycles. The second-order valence-electron chi connectivity index (χ2n) is 5.07. The van der Waals surface area contributed by atoms with Crippen molar-refractivity contribution in [2.45, 2.75) is 44.1 Å². The van der Waals surface area contributed by atoms with Crippen LogP contribution in [0, 0.1) is 0 Å². The van der Waals surface area contributed by atoms with Crippen LogP contribution in [0.4, 0.5) is 0 Å². The Morgan fingerprint density at radius 1 is 1.22 bits per heavy atom. The van der Waals surface area contributed by atoms with E-state index in [1.54, 1.807) is 0 Å². The van der Waals surface area contributed by atoms with Gasteiger partial charge in [-0.25, -0.2) is 0 Å². The maximum Gasteiger partial charge on any atom is 0.310 e. The quantitative estimate of drug-likeness (QED) is 0.813. The first-order chi connectivity index (χ1) is 8.74. The Balaban J connectivity index is 1.93. The second-order valence-corrected chi connectivity index (χ2v) is 5.07. The van der Waals surface area contributed by atoms with Gasteiger partial charge >= 0.3 is 5.97 Å². The van der Waals surface area contributed by atoms with Crippen LogP contribution in [-0.4, -0.2) is 18.1 Å². The van der Waals surface area contributed by atoms with Gasteiger partial charge in [-0.15, -0.1) is 0 Å². The minimum Gasteiger partial charge on any atom is -0.459 e. The number of benzene rings is 1. The number of ether oxygens (including phenoxy) is 1. The van der Waals surface area contributed by atoms with Gasteiger partial charge in [-0.05, 0) is 44.2 Å². The van der Waals surface area contributed by atoms with Gasteiger partial charge in [0.1, 0.15) is 5.60 Å². The first kappa shape index (κ1) is 13.1. The molecule has 18 heavy (non-hydrogen) atoms. The average molecular weight is 247 g/mol. The molecule has 0 radical (unpaired) electrons. The van der Waals surface area contributed by atoms with E-state index >= 15 is 0 Å². The van der Waals surface area contributed by atoms with Crippen molar-refractivity contribution in [2.24, 2.45) is 5.73 Å². The molecule has 2 N–H and O–H groups in total. The summed E-state index contributed by atoms with van der Waals surface area (Å²) in [6.45, 7) is 0.582. The summed E-state index contributed by atoms with van der Waals surface area (Å²) in [6.07, 6.45) is 5.34. The highest BCUT2D eigenvalue weighted by Crippen LogP contribution is 2.36. The SMILES string of the molecule is NCCC1(OC(=O)Cc2ccccc2)CCCC1. The lowest BCUT2D eigenvalue weighted by molar-refractivity contribution is -0.159. The van der Waals surface area contributed by atoms with Gasteiger partial charge in [0.2, 0.25) is 0 Å². The van der Waals surface area contributed by atoms with Gasteiger partial charge in [0.15, 0.2) is 0 Å². The highest BCUT2D eigenvalue weighted by molar-refractivity contribution is 5.73. The smallest absolute Gasteiger partial charge is 0.310 e. The highest BCUT2D eigenvalue weighted by Gasteiger charge is 2.36. The third-order valence-electron chi connectivity index (χ3n) is 3.64. The summed E-state index contributed by atoms with van der Waals surface area (Å²) < 4.78 is 5.72. The van der Waals surface area contributed by atoms with E-state index in [0.29, 0.717) is 13.0 Å². The largest absolute Gasteiger partial charge is 0.459 e. The second kappa shape index (κ2) is 6.01. The summed E-state index contributed by atoms with van der Waals surface area (Å²) >= 11 is 0. The molecule has 1 aliphatic carbocycles. The van der Waals surface area contributed by atoms with Gasteiger partial charge < -0.3 is 10.5 Å². The molecule has 0 spiro atoms. The lowest BCUT2D eigenvalue weighted by Gasteiger charge is -2.28. The maximum atomic E-state index is 12.0. The molecule has 0 aliphatic heterocycles. The number of nitrogens with two attached hydrogens (primary N) is 1. The molecular weight excluding hydrogens is 226 g/mol. The Labute approximate surface area is 108 Å². The number of carbonyl (C=O) groups excluding carboxylic acids is 1. The summed E-state index contributed by atoms with van der Waals surface area (Å²) in [7, 11) is 0. The van der Waals surface area contributed by atoms with Crippen molar-refractivity contribution in [3.63, 3.8) is 0 Å². The van der Waals surface area contributed by atoms with Crippen LogP contribution in [-0.2, 0) is 16.0 Å². The molecule has 0 unspecified atom stereocenters. The third-order valence-corrected chi connectivity index (χ3v) is 3.64. The number of hydrogen-bond acceptors (Lipinski definition) is 3. The fraction of sp³-hybridized carbons (Fsp3) is 0.533. The lowest BCUT2D eigenvalue weighted by Crippen LogP contribution is -2.35. The number of esters is 1. The van der Waals surface area contributed by atoms with Crippen molar-refractivity contribution in [2.75, 3.05) is 6.54 Å². The number of carbonyl (C=O) groups is 1. The van der Waals surface area contributed by atoms with Gasteiger partial charge in [-0.3, -0.25) is 4.79 Å². The summed E-state index contributed by atoms with van der Waals surface area (Å²) in [5.74, 6) is -0.128. The first-order valence-corrected chi connectivity index (χ1v) is 6.70. The average Bonchev–Trinajstić information content (AvgIpc) is 2.79. The zero-order valence-corrected chi connectivity index (χ0v) is 10.7.